The first kappa shape index (κ1) is 17.1. The molecule has 2 aliphatic rings. The molecule has 0 spiro atoms. The van der Waals surface area contributed by atoms with E-state index in [1.807, 2.05) is 6.92 Å². The third kappa shape index (κ3) is 3.62. The minimum Gasteiger partial charge on any atom is -0.297 e. The minimum atomic E-state index is -2.83. The minimum absolute atomic E-state index is 0.141. The summed E-state index contributed by atoms with van der Waals surface area (Å²) in [6.07, 6.45) is 0.758. The van der Waals surface area contributed by atoms with Crippen molar-refractivity contribution in [3.05, 3.63) is 27.1 Å². The van der Waals surface area contributed by atoms with Crippen LogP contribution in [0.4, 0.5) is 0 Å². The maximum Gasteiger partial charge on any atom is 0.275 e. The van der Waals surface area contributed by atoms with Crippen molar-refractivity contribution in [3.8, 4) is 0 Å². The summed E-state index contributed by atoms with van der Waals surface area (Å²) in [7, 11) is -2.83. The van der Waals surface area contributed by atoms with Crippen molar-refractivity contribution in [2.24, 2.45) is 0 Å². The van der Waals surface area contributed by atoms with Gasteiger partial charge in [0.15, 0.2) is 9.84 Å². The van der Waals surface area contributed by atoms with Gasteiger partial charge in [0.05, 0.1) is 18.1 Å². The van der Waals surface area contributed by atoms with Gasteiger partial charge in [-0.05, 0) is 13.3 Å². The Morgan fingerprint density at radius 1 is 1.28 bits per heavy atom. The van der Waals surface area contributed by atoms with Crippen LogP contribution in [-0.2, 0) is 16.4 Å². The summed E-state index contributed by atoms with van der Waals surface area (Å²) in [5, 5.41) is 5.27. The fourth-order valence-electron chi connectivity index (χ4n) is 3.57. The van der Waals surface area contributed by atoms with Crippen LogP contribution in [0, 0.1) is 6.92 Å². The van der Waals surface area contributed by atoms with E-state index in [0.717, 1.165) is 37.6 Å². The number of fused-ring (bicyclic) bond motifs is 1. The van der Waals surface area contributed by atoms with Gasteiger partial charge >= 0.3 is 0 Å². The molecule has 136 valence electrons. The molecule has 0 amide bonds. The monoisotopic (exact) mass is 383 g/mol. The van der Waals surface area contributed by atoms with E-state index >= 15 is 0 Å². The fraction of sp³-hybridized carbons (Fsp3) is 0.667. The second-order valence-corrected chi connectivity index (χ2v) is 10.1. The molecule has 2 aromatic rings. The first-order chi connectivity index (χ1) is 11.9. The summed E-state index contributed by atoms with van der Waals surface area (Å²) in [6, 6.07) is 1.67. The van der Waals surface area contributed by atoms with Crippen molar-refractivity contribution >= 4 is 26.1 Å². The largest absolute Gasteiger partial charge is 0.297 e. The van der Waals surface area contributed by atoms with Gasteiger partial charge in [0, 0.05) is 44.0 Å². The first-order valence-corrected chi connectivity index (χ1v) is 11.1. The number of aryl methyl sites for hydroxylation is 1. The molecule has 0 saturated carbocycles. The highest BCUT2D eigenvalue weighted by Gasteiger charge is 2.33. The van der Waals surface area contributed by atoms with Crippen molar-refractivity contribution in [1.82, 2.24) is 24.4 Å². The fourth-order valence-corrected chi connectivity index (χ4v) is 6.31. The zero-order valence-corrected chi connectivity index (χ0v) is 15.7. The van der Waals surface area contributed by atoms with Gasteiger partial charge in [0.1, 0.15) is 5.01 Å². The molecule has 2 fully saturated rings. The number of aromatic nitrogens is 3. The van der Waals surface area contributed by atoms with Crippen molar-refractivity contribution < 1.29 is 8.42 Å². The zero-order valence-electron chi connectivity index (χ0n) is 14.1. The Bertz CT molecular complexity index is 944. The predicted molar refractivity (Wildman–Crippen MR) is 95.8 cm³/mol. The molecule has 2 aromatic heterocycles. The van der Waals surface area contributed by atoms with Crippen LogP contribution < -0.4 is 5.56 Å². The molecule has 4 heterocycles. The van der Waals surface area contributed by atoms with Gasteiger partial charge in [-0.1, -0.05) is 11.3 Å². The van der Waals surface area contributed by atoms with E-state index in [2.05, 4.69) is 19.9 Å². The SMILES string of the molecule is Cc1cc(=O)n2nc(CN3CCN([C@H]4CCS(=O)(=O)C4)CC3)sc2n1. The molecule has 0 unspecified atom stereocenters. The van der Waals surface area contributed by atoms with E-state index in [4.69, 9.17) is 0 Å². The zero-order chi connectivity index (χ0) is 17.6. The summed E-state index contributed by atoms with van der Waals surface area (Å²) in [4.78, 5) is 21.5. The quantitative estimate of drug-likeness (QED) is 0.723. The van der Waals surface area contributed by atoms with E-state index in [1.165, 1.54) is 21.9 Å². The van der Waals surface area contributed by atoms with Gasteiger partial charge in [-0.25, -0.2) is 13.4 Å². The van der Waals surface area contributed by atoms with Crippen LogP contribution in [0.25, 0.3) is 4.96 Å². The predicted octanol–water partition coefficient (Wildman–Crippen LogP) is -0.236. The van der Waals surface area contributed by atoms with Crippen molar-refractivity contribution in [2.45, 2.75) is 25.9 Å². The summed E-state index contributed by atoms with van der Waals surface area (Å²) in [5.74, 6) is 0.629. The number of rotatable bonds is 3. The molecule has 1 atom stereocenters. The van der Waals surface area contributed by atoms with Crippen LogP contribution in [0.2, 0.25) is 0 Å². The lowest BCUT2D eigenvalue weighted by Crippen LogP contribution is -2.50. The molecular weight excluding hydrogens is 362 g/mol. The second-order valence-electron chi connectivity index (χ2n) is 6.79. The molecule has 0 N–H and O–H groups in total. The third-order valence-corrected chi connectivity index (χ3v) is 7.55. The Morgan fingerprint density at radius 2 is 2.04 bits per heavy atom. The van der Waals surface area contributed by atoms with Crippen LogP contribution in [-0.4, -0.2) is 76.5 Å². The van der Waals surface area contributed by atoms with Crippen LogP contribution in [0.5, 0.6) is 0 Å². The average Bonchev–Trinajstić information content (AvgIpc) is 3.11. The van der Waals surface area contributed by atoms with E-state index in [9.17, 15) is 13.2 Å². The molecule has 0 radical (unpaired) electrons. The molecule has 0 aromatic carbocycles. The molecule has 0 bridgehead atoms. The van der Waals surface area contributed by atoms with Gasteiger partial charge in [0.25, 0.3) is 5.56 Å². The Hall–Kier alpha value is -1.36. The Balaban J connectivity index is 1.39. The second kappa shape index (κ2) is 6.42. The van der Waals surface area contributed by atoms with E-state index in [0.29, 0.717) is 28.7 Å². The van der Waals surface area contributed by atoms with Crippen LogP contribution in [0.1, 0.15) is 17.1 Å². The maximum absolute atomic E-state index is 11.9. The van der Waals surface area contributed by atoms with Gasteiger partial charge in [0.2, 0.25) is 4.96 Å². The standard InChI is InChI=1S/C15H21N5O3S2/c1-11-8-14(21)20-15(16-11)24-13(17-20)9-18-3-5-19(6-4-18)12-2-7-25(22,23)10-12/h8,12H,2-7,9-10H2,1H3/t12-/m0/s1. The number of hydrogen-bond donors (Lipinski definition) is 0. The molecule has 2 saturated heterocycles. The summed E-state index contributed by atoms with van der Waals surface area (Å²) < 4.78 is 24.7. The smallest absolute Gasteiger partial charge is 0.275 e. The van der Waals surface area contributed by atoms with Gasteiger partial charge in [-0.2, -0.15) is 9.61 Å². The molecule has 0 aliphatic carbocycles. The third-order valence-electron chi connectivity index (χ3n) is 4.91. The Kier molecular flexibility index (Phi) is 4.38. The van der Waals surface area contributed by atoms with Crippen molar-refractivity contribution in [2.75, 3.05) is 37.7 Å². The molecule has 10 heteroatoms. The Morgan fingerprint density at radius 3 is 2.72 bits per heavy atom. The first-order valence-electron chi connectivity index (χ1n) is 8.43. The Labute approximate surface area is 150 Å². The lowest BCUT2D eigenvalue weighted by Gasteiger charge is -2.37. The lowest BCUT2D eigenvalue weighted by atomic mass is 10.2. The molecule has 2 aliphatic heterocycles. The normalized spacial score (nSPS) is 24.9. The average molecular weight is 383 g/mol. The van der Waals surface area contributed by atoms with E-state index in [1.54, 1.807) is 0 Å². The lowest BCUT2D eigenvalue weighted by molar-refractivity contribution is 0.0998. The number of sulfone groups is 1. The highest BCUT2D eigenvalue weighted by molar-refractivity contribution is 7.91. The van der Waals surface area contributed by atoms with E-state index < -0.39 is 9.84 Å². The molecule has 25 heavy (non-hydrogen) atoms. The van der Waals surface area contributed by atoms with Crippen LogP contribution in [0.15, 0.2) is 10.9 Å². The van der Waals surface area contributed by atoms with Gasteiger partial charge in [-0.15, -0.1) is 0 Å². The van der Waals surface area contributed by atoms with Gasteiger partial charge < -0.3 is 0 Å². The maximum atomic E-state index is 11.9. The topological polar surface area (TPSA) is 87.9 Å². The molecule has 8 nitrogen and oxygen atoms in total. The number of nitrogens with zero attached hydrogens (tertiary/aromatic N) is 5. The summed E-state index contributed by atoms with van der Waals surface area (Å²) in [6.45, 7) is 6.03. The summed E-state index contributed by atoms with van der Waals surface area (Å²) in [5.41, 5.74) is 0.567. The summed E-state index contributed by atoms with van der Waals surface area (Å²) >= 11 is 1.45. The highest BCUT2D eigenvalue weighted by Crippen LogP contribution is 2.20. The number of piperazine rings is 1. The highest BCUT2D eigenvalue weighted by atomic mass is 32.2. The van der Waals surface area contributed by atoms with Crippen molar-refractivity contribution in [1.29, 1.82) is 0 Å². The van der Waals surface area contributed by atoms with Gasteiger partial charge in [-0.3, -0.25) is 14.6 Å². The van der Waals surface area contributed by atoms with Crippen LogP contribution in [0.3, 0.4) is 0 Å². The van der Waals surface area contributed by atoms with E-state index in [-0.39, 0.29) is 11.6 Å². The van der Waals surface area contributed by atoms with Crippen molar-refractivity contribution in [3.63, 3.8) is 0 Å². The molecule has 4 rings (SSSR count). The molecular formula is C15H21N5O3S2. The number of hydrogen-bond acceptors (Lipinski definition) is 8. The van der Waals surface area contributed by atoms with Crippen LogP contribution >= 0.6 is 11.3 Å².